The minimum absolute atomic E-state index is 0.182. The molecule has 15 heavy (non-hydrogen) atoms. The Hall–Kier alpha value is -0.130. The Morgan fingerprint density at radius 1 is 1.20 bits per heavy atom. The fraction of sp³-hybridized carbons (Fsp3) is 1.00. The Morgan fingerprint density at radius 3 is 2.00 bits per heavy atom. The molecule has 0 saturated heterocycles. The van der Waals surface area contributed by atoms with Gasteiger partial charge >= 0.3 is 0 Å². The second-order valence-corrected chi connectivity index (χ2v) is 7.35. The van der Waals surface area contributed by atoms with E-state index in [2.05, 4.69) is 5.32 Å². The molecule has 4 nitrogen and oxygen atoms in total. The highest BCUT2D eigenvalue weighted by Gasteiger charge is 2.33. The van der Waals surface area contributed by atoms with E-state index >= 15 is 0 Å². The highest BCUT2D eigenvalue weighted by Crippen LogP contribution is 2.20. The van der Waals surface area contributed by atoms with Crippen molar-refractivity contribution >= 4 is 9.84 Å². The van der Waals surface area contributed by atoms with Gasteiger partial charge in [0.25, 0.3) is 0 Å². The Labute approximate surface area is 93.0 Å². The first-order valence-corrected chi connectivity index (χ1v) is 7.17. The summed E-state index contributed by atoms with van der Waals surface area (Å²) in [5.41, 5.74) is -1.26. The fourth-order valence-electron chi connectivity index (χ4n) is 0.952. The largest absolute Gasteiger partial charge is 0.389 e. The quantitative estimate of drug-likeness (QED) is 0.663. The maximum absolute atomic E-state index is 10.9. The summed E-state index contributed by atoms with van der Waals surface area (Å²) in [6.07, 6.45) is 1.80. The van der Waals surface area contributed by atoms with Gasteiger partial charge in [-0.05, 0) is 40.7 Å². The van der Waals surface area contributed by atoms with Gasteiger partial charge in [0.05, 0.1) is 11.4 Å². The van der Waals surface area contributed by atoms with Crippen LogP contribution < -0.4 is 5.32 Å². The maximum Gasteiger partial charge on any atom is 0.147 e. The molecule has 0 radical (unpaired) electrons. The van der Waals surface area contributed by atoms with Crippen molar-refractivity contribution in [3.05, 3.63) is 0 Å². The molecule has 0 unspecified atom stereocenters. The second kappa shape index (κ2) is 4.80. The monoisotopic (exact) mass is 237 g/mol. The molecular formula is C10H23NO3S. The number of hydrogen-bond donors (Lipinski definition) is 2. The smallest absolute Gasteiger partial charge is 0.147 e. The molecule has 0 fully saturated rings. The lowest BCUT2D eigenvalue weighted by Crippen LogP contribution is -2.56. The highest BCUT2D eigenvalue weighted by atomic mass is 32.2. The third kappa shape index (κ3) is 6.12. The van der Waals surface area contributed by atoms with Crippen LogP contribution in [-0.4, -0.2) is 43.2 Å². The van der Waals surface area contributed by atoms with E-state index in [9.17, 15) is 13.5 Å². The molecule has 0 aromatic carbocycles. The van der Waals surface area contributed by atoms with Gasteiger partial charge in [0.2, 0.25) is 0 Å². The van der Waals surface area contributed by atoms with Crippen LogP contribution in [0.15, 0.2) is 0 Å². The van der Waals surface area contributed by atoms with E-state index in [1.165, 1.54) is 6.26 Å². The van der Waals surface area contributed by atoms with Crippen molar-refractivity contribution in [1.82, 2.24) is 5.32 Å². The summed E-state index contributed by atoms with van der Waals surface area (Å²) < 4.78 is 21.8. The topological polar surface area (TPSA) is 66.4 Å². The lowest BCUT2D eigenvalue weighted by Gasteiger charge is -2.38. The molecule has 0 aliphatic rings. The van der Waals surface area contributed by atoms with Gasteiger partial charge in [-0.25, -0.2) is 8.42 Å². The van der Waals surface area contributed by atoms with Gasteiger partial charge in [0.15, 0.2) is 0 Å². The van der Waals surface area contributed by atoms with Crippen molar-refractivity contribution in [2.75, 3.05) is 18.6 Å². The van der Waals surface area contributed by atoms with Crippen molar-refractivity contribution in [3.8, 4) is 0 Å². The van der Waals surface area contributed by atoms with Crippen molar-refractivity contribution < 1.29 is 13.5 Å². The Balaban J connectivity index is 3.98. The predicted octanol–water partition coefficient (Wildman–Crippen LogP) is 0.560. The molecule has 0 aromatic heterocycles. The Kier molecular flexibility index (Phi) is 4.76. The molecule has 0 saturated carbocycles. The lowest BCUT2D eigenvalue weighted by atomic mass is 9.86. The zero-order valence-corrected chi connectivity index (χ0v) is 11.1. The first-order valence-electron chi connectivity index (χ1n) is 5.11. The summed E-state index contributed by atoms with van der Waals surface area (Å²) in [5.74, 6) is 0.182. The molecular weight excluding hydrogens is 214 g/mol. The van der Waals surface area contributed by atoms with Crippen LogP contribution in [0.5, 0.6) is 0 Å². The molecule has 0 spiro atoms. The molecule has 0 aliphatic carbocycles. The molecule has 0 aliphatic heterocycles. The molecule has 5 heteroatoms. The number of nitrogens with one attached hydrogen (secondary N) is 1. The van der Waals surface area contributed by atoms with Crippen LogP contribution in [0.4, 0.5) is 0 Å². The molecule has 0 amide bonds. The first-order chi connectivity index (χ1) is 6.46. The average molecular weight is 237 g/mol. The number of aliphatic hydroxyl groups is 1. The van der Waals surface area contributed by atoms with Crippen LogP contribution in [0.1, 0.15) is 34.1 Å². The van der Waals surface area contributed by atoms with Gasteiger partial charge < -0.3 is 10.4 Å². The summed E-state index contributed by atoms with van der Waals surface area (Å²) in [4.78, 5) is 0. The number of hydrogen-bond acceptors (Lipinski definition) is 4. The molecule has 0 rings (SSSR count). The summed E-state index contributed by atoms with van der Waals surface area (Å²) in [5, 5.41) is 13.0. The maximum atomic E-state index is 10.9. The second-order valence-electron chi connectivity index (χ2n) is 5.09. The van der Waals surface area contributed by atoms with Gasteiger partial charge in [-0.3, -0.25) is 0 Å². The van der Waals surface area contributed by atoms with Crippen LogP contribution in [-0.2, 0) is 9.84 Å². The lowest BCUT2D eigenvalue weighted by molar-refractivity contribution is -0.00417. The fourth-order valence-corrected chi connectivity index (χ4v) is 1.62. The van der Waals surface area contributed by atoms with E-state index in [0.717, 1.165) is 0 Å². The molecule has 0 aromatic rings. The summed E-state index contributed by atoms with van der Waals surface area (Å²) in [6.45, 7) is 7.85. The van der Waals surface area contributed by atoms with Crippen LogP contribution >= 0.6 is 0 Å². The van der Waals surface area contributed by atoms with Crippen molar-refractivity contribution in [3.63, 3.8) is 0 Å². The van der Waals surface area contributed by atoms with Crippen LogP contribution in [0.2, 0.25) is 0 Å². The highest BCUT2D eigenvalue weighted by molar-refractivity contribution is 7.90. The Bertz CT molecular complexity index is 288. The minimum atomic E-state index is -2.88. The predicted molar refractivity (Wildman–Crippen MR) is 62.7 cm³/mol. The third-order valence-corrected chi connectivity index (χ3v) is 3.82. The van der Waals surface area contributed by atoms with E-state index < -0.39 is 21.0 Å². The average Bonchev–Trinajstić information content (AvgIpc) is 1.94. The van der Waals surface area contributed by atoms with Gasteiger partial charge in [0.1, 0.15) is 9.84 Å². The Morgan fingerprint density at radius 2 is 1.67 bits per heavy atom. The normalized spacial score (nSPS) is 14.3. The van der Waals surface area contributed by atoms with Crippen LogP contribution in [0.25, 0.3) is 0 Å². The number of sulfone groups is 1. The molecule has 2 N–H and O–H groups in total. The summed E-state index contributed by atoms with van der Waals surface area (Å²) in [6, 6.07) is 0. The van der Waals surface area contributed by atoms with Gasteiger partial charge in [-0.15, -0.1) is 0 Å². The third-order valence-electron chi connectivity index (χ3n) is 2.79. The molecule has 0 atom stereocenters. The summed E-state index contributed by atoms with van der Waals surface area (Å²) >= 11 is 0. The standard InChI is InChI=1S/C10H23NO3S/c1-9(2,10(3,4)12)11-7-6-8-15(5,13)14/h11-12H,6-8H2,1-5H3. The van der Waals surface area contributed by atoms with E-state index in [1.54, 1.807) is 13.8 Å². The molecule has 0 bridgehead atoms. The zero-order chi connectivity index (χ0) is 12.3. The molecule has 0 heterocycles. The van der Waals surface area contributed by atoms with E-state index in [0.29, 0.717) is 13.0 Å². The minimum Gasteiger partial charge on any atom is -0.389 e. The van der Waals surface area contributed by atoms with E-state index in [4.69, 9.17) is 0 Å². The SMILES string of the molecule is CC(C)(O)C(C)(C)NCCCS(C)(=O)=O. The zero-order valence-electron chi connectivity index (χ0n) is 10.3. The number of rotatable bonds is 6. The van der Waals surface area contributed by atoms with Crippen molar-refractivity contribution in [2.24, 2.45) is 0 Å². The van der Waals surface area contributed by atoms with Gasteiger partial charge in [0, 0.05) is 11.8 Å². The summed E-state index contributed by atoms with van der Waals surface area (Å²) in [7, 11) is -2.88. The van der Waals surface area contributed by atoms with Crippen LogP contribution in [0, 0.1) is 0 Å². The van der Waals surface area contributed by atoms with Crippen LogP contribution in [0.3, 0.4) is 0 Å². The van der Waals surface area contributed by atoms with Gasteiger partial charge in [-0.2, -0.15) is 0 Å². The van der Waals surface area contributed by atoms with Gasteiger partial charge in [-0.1, -0.05) is 0 Å². The molecule has 92 valence electrons. The van der Waals surface area contributed by atoms with E-state index in [-0.39, 0.29) is 5.75 Å². The van der Waals surface area contributed by atoms with Crippen molar-refractivity contribution in [2.45, 2.75) is 45.3 Å². The van der Waals surface area contributed by atoms with E-state index in [1.807, 2.05) is 13.8 Å². The van der Waals surface area contributed by atoms with Crippen molar-refractivity contribution in [1.29, 1.82) is 0 Å². The first kappa shape index (κ1) is 14.9.